The second-order valence-electron chi connectivity index (χ2n) is 4.89. The molecule has 0 saturated heterocycles. The first kappa shape index (κ1) is 12.3. The Morgan fingerprint density at radius 2 is 2.16 bits per heavy atom. The van der Waals surface area contributed by atoms with Gasteiger partial charge in [0.1, 0.15) is 0 Å². The lowest BCUT2D eigenvalue weighted by molar-refractivity contribution is 0.628. The SMILES string of the molecule is N#Cc1ccc(Cn2cnc3c2CCCC3)c(Cl)c1. The number of aromatic nitrogens is 2. The smallest absolute Gasteiger partial charge is 0.0992 e. The molecule has 1 aromatic heterocycles. The normalized spacial score (nSPS) is 13.9. The summed E-state index contributed by atoms with van der Waals surface area (Å²) in [5.41, 5.74) is 4.20. The lowest BCUT2D eigenvalue weighted by Gasteiger charge is -2.14. The number of nitrogens with zero attached hydrogens (tertiary/aromatic N) is 3. The third-order valence-electron chi connectivity index (χ3n) is 3.63. The van der Waals surface area contributed by atoms with Crippen LogP contribution in [0.4, 0.5) is 0 Å². The number of halogens is 1. The predicted molar refractivity (Wildman–Crippen MR) is 74.1 cm³/mol. The zero-order valence-corrected chi connectivity index (χ0v) is 11.3. The van der Waals surface area contributed by atoms with Crippen LogP contribution in [0.1, 0.15) is 35.4 Å². The molecule has 0 bridgehead atoms. The molecule has 0 saturated carbocycles. The van der Waals surface area contributed by atoms with E-state index in [0.29, 0.717) is 10.6 Å². The fourth-order valence-corrected chi connectivity index (χ4v) is 2.84. The van der Waals surface area contributed by atoms with Crippen LogP contribution < -0.4 is 0 Å². The standard InChI is InChI=1S/C15H14ClN3/c16-13-7-11(8-17)5-6-12(13)9-19-10-18-14-3-1-2-4-15(14)19/h5-7,10H,1-4,9H2. The highest BCUT2D eigenvalue weighted by molar-refractivity contribution is 6.31. The number of aryl methyl sites for hydroxylation is 1. The van der Waals surface area contributed by atoms with Crippen molar-refractivity contribution in [1.82, 2.24) is 9.55 Å². The van der Waals surface area contributed by atoms with Crippen LogP contribution in [0.3, 0.4) is 0 Å². The Labute approximate surface area is 117 Å². The molecule has 0 amide bonds. The second kappa shape index (κ2) is 5.07. The molecule has 1 heterocycles. The molecule has 0 unspecified atom stereocenters. The molecule has 2 aromatic rings. The van der Waals surface area contributed by atoms with Crippen molar-refractivity contribution in [2.24, 2.45) is 0 Å². The summed E-state index contributed by atoms with van der Waals surface area (Å²) in [6.45, 7) is 0.729. The minimum atomic E-state index is 0.599. The van der Waals surface area contributed by atoms with Gasteiger partial charge in [0.05, 0.1) is 30.2 Å². The van der Waals surface area contributed by atoms with Gasteiger partial charge in [0.2, 0.25) is 0 Å². The summed E-state index contributed by atoms with van der Waals surface area (Å²) in [6, 6.07) is 7.56. The molecule has 0 aliphatic heterocycles. The third-order valence-corrected chi connectivity index (χ3v) is 3.98. The van der Waals surface area contributed by atoms with Gasteiger partial charge in [-0.05, 0) is 43.4 Å². The van der Waals surface area contributed by atoms with Crippen LogP contribution in [0, 0.1) is 11.3 Å². The number of fused-ring (bicyclic) bond motifs is 1. The maximum atomic E-state index is 8.84. The molecule has 3 nitrogen and oxygen atoms in total. The lowest BCUT2D eigenvalue weighted by Crippen LogP contribution is -2.09. The number of hydrogen-bond donors (Lipinski definition) is 0. The highest BCUT2D eigenvalue weighted by atomic mass is 35.5. The molecule has 1 aliphatic rings. The Bertz CT molecular complexity index is 652. The lowest BCUT2D eigenvalue weighted by atomic mass is 10.0. The van der Waals surface area contributed by atoms with E-state index in [1.165, 1.54) is 24.2 Å². The Hall–Kier alpha value is -1.79. The molecule has 96 valence electrons. The molecule has 0 atom stereocenters. The van der Waals surface area contributed by atoms with Crippen LogP contribution in [-0.4, -0.2) is 9.55 Å². The first-order chi connectivity index (χ1) is 9.28. The first-order valence-corrected chi connectivity index (χ1v) is 6.87. The zero-order valence-electron chi connectivity index (χ0n) is 10.6. The monoisotopic (exact) mass is 271 g/mol. The van der Waals surface area contributed by atoms with E-state index in [0.717, 1.165) is 24.9 Å². The first-order valence-electron chi connectivity index (χ1n) is 6.49. The van der Waals surface area contributed by atoms with E-state index in [1.807, 2.05) is 18.5 Å². The van der Waals surface area contributed by atoms with Gasteiger partial charge in [-0.2, -0.15) is 5.26 Å². The molecule has 1 aliphatic carbocycles. The Morgan fingerprint density at radius 1 is 1.32 bits per heavy atom. The Morgan fingerprint density at radius 3 is 2.95 bits per heavy atom. The van der Waals surface area contributed by atoms with E-state index in [9.17, 15) is 0 Å². The highest BCUT2D eigenvalue weighted by Gasteiger charge is 2.15. The summed E-state index contributed by atoms with van der Waals surface area (Å²) >= 11 is 6.22. The van der Waals surface area contributed by atoms with Crippen LogP contribution in [0.15, 0.2) is 24.5 Å². The summed E-state index contributed by atoms with van der Waals surface area (Å²) in [5.74, 6) is 0. The molecule has 4 heteroatoms. The number of nitriles is 1. The van der Waals surface area contributed by atoms with Crippen LogP contribution in [0.2, 0.25) is 5.02 Å². The van der Waals surface area contributed by atoms with Gasteiger partial charge >= 0.3 is 0 Å². The van der Waals surface area contributed by atoms with Gasteiger partial charge in [-0.3, -0.25) is 0 Å². The van der Waals surface area contributed by atoms with Crippen LogP contribution in [-0.2, 0) is 19.4 Å². The van der Waals surface area contributed by atoms with Gasteiger partial charge in [-0.1, -0.05) is 17.7 Å². The average molecular weight is 272 g/mol. The van der Waals surface area contributed by atoms with Crippen molar-refractivity contribution in [3.8, 4) is 6.07 Å². The molecule has 3 rings (SSSR count). The number of hydrogen-bond acceptors (Lipinski definition) is 2. The fourth-order valence-electron chi connectivity index (χ4n) is 2.60. The van der Waals surface area contributed by atoms with Gasteiger partial charge in [0, 0.05) is 10.7 Å². The quantitative estimate of drug-likeness (QED) is 0.841. The van der Waals surface area contributed by atoms with Crippen LogP contribution >= 0.6 is 11.6 Å². The topological polar surface area (TPSA) is 41.6 Å². The minimum absolute atomic E-state index is 0.599. The molecule has 19 heavy (non-hydrogen) atoms. The second-order valence-corrected chi connectivity index (χ2v) is 5.30. The number of rotatable bonds is 2. The summed E-state index contributed by atoms with van der Waals surface area (Å²) in [4.78, 5) is 4.48. The van der Waals surface area contributed by atoms with Crippen molar-refractivity contribution in [1.29, 1.82) is 5.26 Å². The molecule has 1 aromatic carbocycles. The van der Waals surface area contributed by atoms with Crippen molar-refractivity contribution in [3.05, 3.63) is 52.1 Å². The van der Waals surface area contributed by atoms with E-state index in [2.05, 4.69) is 15.6 Å². The zero-order chi connectivity index (χ0) is 13.2. The maximum Gasteiger partial charge on any atom is 0.0992 e. The van der Waals surface area contributed by atoms with Crippen LogP contribution in [0.25, 0.3) is 0 Å². The minimum Gasteiger partial charge on any atom is -0.330 e. The molecule has 0 fully saturated rings. The highest BCUT2D eigenvalue weighted by Crippen LogP contribution is 2.23. The molecular formula is C15H14ClN3. The molecular weight excluding hydrogens is 258 g/mol. The van der Waals surface area contributed by atoms with E-state index in [1.54, 1.807) is 6.07 Å². The van der Waals surface area contributed by atoms with Gasteiger partial charge in [0.25, 0.3) is 0 Å². The molecule has 0 spiro atoms. The number of imidazole rings is 1. The summed E-state index contributed by atoms with van der Waals surface area (Å²) in [7, 11) is 0. The average Bonchev–Trinajstić information content (AvgIpc) is 2.84. The summed E-state index contributed by atoms with van der Waals surface area (Å²) < 4.78 is 2.18. The molecule has 0 N–H and O–H groups in total. The van der Waals surface area contributed by atoms with Gasteiger partial charge in [0.15, 0.2) is 0 Å². The van der Waals surface area contributed by atoms with Gasteiger partial charge in [-0.25, -0.2) is 4.98 Å². The van der Waals surface area contributed by atoms with Crippen molar-refractivity contribution in [2.45, 2.75) is 32.2 Å². The Balaban J connectivity index is 1.89. The summed E-state index contributed by atoms with van der Waals surface area (Å²) in [6.07, 6.45) is 6.57. The third kappa shape index (κ3) is 2.36. The van der Waals surface area contributed by atoms with E-state index < -0.39 is 0 Å². The Kier molecular flexibility index (Phi) is 3.27. The number of benzene rings is 1. The summed E-state index contributed by atoms with van der Waals surface area (Å²) in [5, 5.41) is 9.49. The van der Waals surface area contributed by atoms with Crippen molar-refractivity contribution in [2.75, 3.05) is 0 Å². The van der Waals surface area contributed by atoms with Crippen molar-refractivity contribution >= 4 is 11.6 Å². The fraction of sp³-hybridized carbons (Fsp3) is 0.333. The van der Waals surface area contributed by atoms with Crippen molar-refractivity contribution < 1.29 is 0 Å². The van der Waals surface area contributed by atoms with E-state index >= 15 is 0 Å². The van der Waals surface area contributed by atoms with E-state index in [-0.39, 0.29) is 0 Å². The van der Waals surface area contributed by atoms with Gasteiger partial charge < -0.3 is 4.57 Å². The van der Waals surface area contributed by atoms with Crippen LogP contribution in [0.5, 0.6) is 0 Å². The van der Waals surface area contributed by atoms with Crippen molar-refractivity contribution in [3.63, 3.8) is 0 Å². The largest absolute Gasteiger partial charge is 0.330 e. The predicted octanol–water partition coefficient (Wildman–Crippen LogP) is 3.34. The molecule has 0 radical (unpaired) electrons. The van der Waals surface area contributed by atoms with Gasteiger partial charge in [-0.15, -0.1) is 0 Å². The maximum absolute atomic E-state index is 8.84. The van der Waals surface area contributed by atoms with E-state index in [4.69, 9.17) is 16.9 Å².